The molecule has 0 aromatic carbocycles. The van der Waals surface area contributed by atoms with Crippen molar-refractivity contribution in [2.75, 3.05) is 45.9 Å². The van der Waals surface area contributed by atoms with Gasteiger partial charge in [-0.3, -0.25) is 0 Å². The molecule has 2 fully saturated rings. The summed E-state index contributed by atoms with van der Waals surface area (Å²) in [5, 5.41) is 9.19. The van der Waals surface area contributed by atoms with Crippen molar-refractivity contribution >= 4 is 0 Å². The van der Waals surface area contributed by atoms with E-state index in [0.29, 0.717) is 17.9 Å². The van der Waals surface area contributed by atoms with E-state index in [0.717, 1.165) is 0 Å². The van der Waals surface area contributed by atoms with Crippen molar-refractivity contribution in [3.05, 3.63) is 0 Å². The quantitative estimate of drug-likeness (QED) is 0.829. The second kappa shape index (κ2) is 6.36. The van der Waals surface area contributed by atoms with E-state index >= 15 is 0 Å². The van der Waals surface area contributed by atoms with Crippen LogP contribution in [-0.2, 0) is 0 Å². The smallest absolute Gasteiger partial charge is 0.0460 e. The molecule has 2 heterocycles. The molecule has 1 N–H and O–H groups in total. The summed E-state index contributed by atoms with van der Waals surface area (Å²) in [7, 11) is 0. The van der Waals surface area contributed by atoms with Gasteiger partial charge in [-0.2, -0.15) is 0 Å². The Morgan fingerprint density at radius 1 is 1.17 bits per heavy atom. The lowest BCUT2D eigenvalue weighted by molar-refractivity contribution is 0.0451. The van der Waals surface area contributed by atoms with Crippen LogP contribution in [0, 0.1) is 11.3 Å². The maximum Gasteiger partial charge on any atom is 0.0460 e. The maximum atomic E-state index is 9.19. The first-order valence-corrected chi connectivity index (χ1v) is 7.71. The largest absolute Gasteiger partial charge is 0.396 e. The summed E-state index contributed by atoms with van der Waals surface area (Å²) in [4.78, 5) is 5.23. The van der Waals surface area contributed by atoms with Crippen molar-refractivity contribution in [2.24, 2.45) is 11.3 Å². The monoisotopic (exact) mass is 254 g/mol. The average Bonchev–Trinajstić information content (AvgIpc) is 2.39. The van der Waals surface area contributed by atoms with Crippen molar-refractivity contribution in [1.82, 2.24) is 9.80 Å². The Balaban J connectivity index is 1.81. The van der Waals surface area contributed by atoms with Crippen LogP contribution in [-0.4, -0.2) is 60.8 Å². The van der Waals surface area contributed by atoms with Gasteiger partial charge in [0.2, 0.25) is 0 Å². The molecule has 106 valence electrons. The minimum Gasteiger partial charge on any atom is -0.396 e. The number of likely N-dealkylation sites (tertiary alicyclic amines) is 2. The molecule has 0 saturated carbocycles. The number of hydrogen-bond acceptors (Lipinski definition) is 3. The van der Waals surface area contributed by atoms with Gasteiger partial charge >= 0.3 is 0 Å². The summed E-state index contributed by atoms with van der Waals surface area (Å²) >= 11 is 0. The van der Waals surface area contributed by atoms with Gasteiger partial charge in [-0.1, -0.05) is 13.8 Å². The van der Waals surface area contributed by atoms with Gasteiger partial charge in [0, 0.05) is 19.7 Å². The van der Waals surface area contributed by atoms with Gasteiger partial charge in [0.05, 0.1) is 0 Å². The van der Waals surface area contributed by atoms with Gasteiger partial charge in [-0.15, -0.1) is 0 Å². The van der Waals surface area contributed by atoms with Crippen LogP contribution in [0.3, 0.4) is 0 Å². The zero-order valence-corrected chi connectivity index (χ0v) is 12.2. The molecular formula is C15H30N2O. The summed E-state index contributed by atoms with van der Waals surface area (Å²) in [6.45, 7) is 12.5. The van der Waals surface area contributed by atoms with E-state index in [1.165, 1.54) is 65.0 Å². The van der Waals surface area contributed by atoms with Crippen LogP contribution in [0.25, 0.3) is 0 Å². The van der Waals surface area contributed by atoms with Crippen LogP contribution in [0.1, 0.15) is 39.5 Å². The number of nitrogens with zero attached hydrogens (tertiary/aromatic N) is 2. The first-order chi connectivity index (χ1) is 8.65. The van der Waals surface area contributed by atoms with Crippen molar-refractivity contribution in [3.63, 3.8) is 0 Å². The van der Waals surface area contributed by atoms with Crippen LogP contribution in [0.15, 0.2) is 0 Å². The van der Waals surface area contributed by atoms with Gasteiger partial charge in [-0.05, 0) is 63.2 Å². The highest BCUT2D eigenvalue weighted by atomic mass is 16.3. The number of aliphatic hydroxyl groups excluding tert-OH is 1. The summed E-state index contributed by atoms with van der Waals surface area (Å²) < 4.78 is 0. The first kappa shape index (κ1) is 14.3. The summed E-state index contributed by atoms with van der Waals surface area (Å²) in [6, 6.07) is 0. The minimum absolute atomic E-state index is 0.384. The molecule has 2 aliphatic rings. The SMILES string of the molecule is CCN1CCCC(C)(CN2CCC(CO)CC2)C1. The highest BCUT2D eigenvalue weighted by Gasteiger charge is 2.33. The molecule has 3 nitrogen and oxygen atoms in total. The Morgan fingerprint density at radius 2 is 1.89 bits per heavy atom. The molecule has 2 saturated heterocycles. The van der Waals surface area contributed by atoms with Crippen LogP contribution in [0.2, 0.25) is 0 Å². The Bertz CT molecular complexity index is 251. The minimum atomic E-state index is 0.384. The van der Waals surface area contributed by atoms with Gasteiger partial charge in [0.1, 0.15) is 0 Å². The molecule has 0 aromatic heterocycles. The lowest BCUT2D eigenvalue weighted by Crippen LogP contribution is -2.49. The van der Waals surface area contributed by atoms with E-state index in [4.69, 9.17) is 0 Å². The maximum absolute atomic E-state index is 9.19. The number of aliphatic hydroxyl groups is 1. The third-order valence-corrected chi connectivity index (χ3v) is 4.88. The molecular weight excluding hydrogens is 224 g/mol. The molecule has 2 aliphatic heterocycles. The van der Waals surface area contributed by atoms with Crippen LogP contribution in [0.5, 0.6) is 0 Å². The van der Waals surface area contributed by atoms with E-state index in [2.05, 4.69) is 23.6 Å². The molecule has 0 amide bonds. The Hall–Kier alpha value is -0.120. The third kappa shape index (κ3) is 3.69. The zero-order valence-electron chi connectivity index (χ0n) is 12.2. The van der Waals surface area contributed by atoms with Crippen molar-refractivity contribution < 1.29 is 5.11 Å². The lowest BCUT2D eigenvalue weighted by Gasteiger charge is -2.44. The standard InChI is InChI=1S/C15H30N2O/c1-3-16-8-4-7-15(2,12-16)13-17-9-5-14(11-18)6-10-17/h14,18H,3-13H2,1-2H3. The van der Waals surface area contributed by atoms with Crippen molar-refractivity contribution in [3.8, 4) is 0 Å². The molecule has 0 aromatic rings. The summed E-state index contributed by atoms with van der Waals surface area (Å²) in [6.07, 6.45) is 5.11. The second-order valence-corrected chi connectivity index (χ2v) is 6.69. The van der Waals surface area contributed by atoms with Crippen LogP contribution >= 0.6 is 0 Å². The van der Waals surface area contributed by atoms with Crippen molar-refractivity contribution in [2.45, 2.75) is 39.5 Å². The fourth-order valence-electron chi connectivity index (χ4n) is 3.69. The first-order valence-electron chi connectivity index (χ1n) is 7.71. The lowest BCUT2D eigenvalue weighted by atomic mass is 9.80. The highest BCUT2D eigenvalue weighted by molar-refractivity contribution is 4.87. The molecule has 3 heteroatoms. The summed E-state index contributed by atoms with van der Waals surface area (Å²) in [5.41, 5.74) is 0.486. The molecule has 0 radical (unpaired) electrons. The molecule has 2 rings (SSSR count). The Labute approximate surface area is 112 Å². The fraction of sp³-hybridized carbons (Fsp3) is 1.00. The Kier molecular flexibility index (Phi) is 5.05. The molecule has 18 heavy (non-hydrogen) atoms. The van der Waals surface area contributed by atoms with Crippen molar-refractivity contribution in [1.29, 1.82) is 0 Å². The Morgan fingerprint density at radius 3 is 2.50 bits per heavy atom. The highest BCUT2D eigenvalue weighted by Crippen LogP contribution is 2.31. The van der Waals surface area contributed by atoms with E-state index in [1.54, 1.807) is 0 Å². The van der Waals surface area contributed by atoms with Crippen LogP contribution < -0.4 is 0 Å². The summed E-state index contributed by atoms with van der Waals surface area (Å²) in [5.74, 6) is 0.563. The van der Waals surface area contributed by atoms with E-state index in [9.17, 15) is 5.11 Å². The van der Waals surface area contributed by atoms with Crippen LogP contribution in [0.4, 0.5) is 0 Å². The molecule has 0 bridgehead atoms. The molecule has 1 atom stereocenters. The predicted octanol–water partition coefficient (Wildman–Crippen LogP) is 1.81. The fourth-order valence-corrected chi connectivity index (χ4v) is 3.69. The third-order valence-electron chi connectivity index (χ3n) is 4.88. The zero-order chi connectivity index (χ0) is 13.0. The van der Waals surface area contributed by atoms with E-state index < -0.39 is 0 Å². The number of hydrogen-bond donors (Lipinski definition) is 1. The molecule has 1 unspecified atom stereocenters. The number of piperidine rings is 2. The predicted molar refractivity (Wildman–Crippen MR) is 75.7 cm³/mol. The average molecular weight is 254 g/mol. The normalized spacial score (nSPS) is 32.8. The van der Waals surface area contributed by atoms with Gasteiger partial charge in [0.25, 0.3) is 0 Å². The van der Waals surface area contributed by atoms with Gasteiger partial charge in [-0.25, -0.2) is 0 Å². The van der Waals surface area contributed by atoms with E-state index in [1.807, 2.05) is 0 Å². The molecule has 0 spiro atoms. The van der Waals surface area contributed by atoms with E-state index in [-0.39, 0.29) is 0 Å². The topological polar surface area (TPSA) is 26.7 Å². The van der Waals surface area contributed by atoms with Gasteiger partial charge < -0.3 is 14.9 Å². The number of rotatable bonds is 4. The van der Waals surface area contributed by atoms with Gasteiger partial charge in [0.15, 0.2) is 0 Å². The second-order valence-electron chi connectivity index (χ2n) is 6.69. The molecule has 0 aliphatic carbocycles.